The fraction of sp³-hybridized carbons (Fsp3) is 0.217. The lowest BCUT2D eigenvalue weighted by Crippen LogP contribution is -2.15. The zero-order valence-corrected chi connectivity index (χ0v) is 19.2. The summed E-state index contributed by atoms with van der Waals surface area (Å²) in [5.41, 5.74) is 0.803. The number of aromatic nitrogens is 3. The van der Waals surface area contributed by atoms with Crippen molar-refractivity contribution in [1.29, 1.82) is 0 Å². The Bertz CT molecular complexity index is 1400. The van der Waals surface area contributed by atoms with Crippen LogP contribution in [0.15, 0.2) is 36.5 Å². The fourth-order valence-corrected chi connectivity index (χ4v) is 4.45. The number of rotatable bonds is 6. The zero-order chi connectivity index (χ0) is 24.6. The number of esters is 1. The van der Waals surface area contributed by atoms with Gasteiger partial charge in [-0.2, -0.15) is 5.10 Å². The third kappa shape index (κ3) is 4.26. The van der Waals surface area contributed by atoms with Crippen LogP contribution >= 0.6 is 11.3 Å². The van der Waals surface area contributed by atoms with E-state index in [1.165, 1.54) is 35.6 Å². The molecule has 0 saturated carbocycles. The third-order valence-corrected chi connectivity index (χ3v) is 6.32. The molecule has 0 saturated heterocycles. The Morgan fingerprint density at radius 3 is 2.56 bits per heavy atom. The molecule has 0 aliphatic carbocycles. The number of carbonyl (C=O) groups excluding carboxylic acids is 2. The Hall–Kier alpha value is -3.73. The Balaban J connectivity index is 1.78. The van der Waals surface area contributed by atoms with E-state index in [9.17, 15) is 22.8 Å². The van der Waals surface area contributed by atoms with Gasteiger partial charge >= 0.3 is 5.97 Å². The molecule has 0 atom stereocenters. The second-order valence-corrected chi connectivity index (χ2v) is 8.55. The Morgan fingerprint density at radius 1 is 1.21 bits per heavy atom. The van der Waals surface area contributed by atoms with Gasteiger partial charge in [0.05, 0.1) is 24.1 Å². The van der Waals surface area contributed by atoms with Crippen LogP contribution in [-0.2, 0) is 4.74 Å². The van der Waals surface area contributed by atoms with Crippen molar-refractivity contribution in [3.8, 4) is 11.3 Å². The number of nitrogens with one attached hydrogen (secondary N) is 1. The number of carbonyl (C=O) groups is 2. The molecule has 34 heavy (non-hydrogen) atoms. The van der Waals surface area contributed by atoms with Gasteiger partial charge in [-0.25, -0.2) is 27.5 Å². The highest BCUT2D eigenvalue weighted by Crippen LogP contribution is 2.34. The van der Waals surface area contributed by atoms with Crippen LogP contribution < -0.4 is 5.32 Å². The van der Waals surface area contributed by atoms with E-state index in [-0.39, 0.29) is 34.1 Å². The molecule has 3 aromatic heterocycles. The highest BCUT2D eigenvalue weighted by atomic mass is 32.1. The summed E-state index contributed by atoms with van der Waals surface area (Å²) >= 11 is 1.20. The quantitative estimate of drug-likeness (QED) is 0.358. The van der Waals surface area contributed by atoms with Crippen LogP contribution in [0.5, 0.6) is 0 Å². The zero-order valence-electron chi connectivity index (χ0n) is 18.4. The monoisotopic (exact) mass is 488 g/mol. The predicted octanol–water partition coefficient (Wildman–Crippen LogP) is 5.58. The number of thiophene rings is 1. The number of benzene rings is 1. The summed E-state index contributed by atoms with van der Waals surface area (Å²) in [6, 6.07) is 6.33. The minimum atomic E-state index is -2.90. The summed E-state index contributed by atoms with van der Waals surface area (Å²) in [6.45, 7) is 5.39. The SMILES string of the molecule is CCOC(=O)c1c(NC(=O)c2cnn3c(C(F)F)cc(-c4ccc(F)cc4)nc23)sc(C)c1C. The average Bonchev–Trinajstić information content (AvgIpc) is 3.34. The normalized spacial score (nSPS) is 11.3. The van der Waals surface area contributed by atoms with Gasteiger partial charge in [0.1, 0.15) is 22.1 Å². The van der Waals surface area contributed by atoms with Gasteiger partial charge < -0.3 is 10.1 Å². The van der Waals surface area contributed by atoms with Crippen LogP contribution in [-0.4, -0.2) is 33.1 Å². The van der Waals surface area contributed by atoms with E-state index in [4.69, 9.17) is 4.74 Å². The van der Waals surface area contributed by atoms with Crippen LogP contribution in [0.2, 0.25) is 0 Å². The molecule has 4 aromatic rings. The number of hydrogen-bond donors (Lipinski definition) is 1. The van der Waals surface area contributed by atoms with E-state index in [1.54, 1.807) is 20.8 Å². The summed E-state index contributed by atoms with van der Waals surface area (Å²) < 4.78 is 46.9. The van der Waals surface area contributed by atoms with Gasteiger partial charge in [0.2, 0.25) is 0 Å². The molecule has 1 amide bonds. The Labute approximate surface area is 196 Å². The van der Waals surface area contributed by atoms with Crippen molar-refractivity contribution in [3.05, 3.63) is 69.6 Å². The van der Waals surface area contributed by atoms with Crippen LogP contribution in [0.1, 0.15) is 50.2 Å². The molecule has 11 heteroatoms. The van der Waals surface area contributed by atoms with Gasteiger partial charge in [-0.05, 0) is 56.7 Å². The number of amides is 1. The van der Waals surface area contributed by atoms with Gasteiger partial charge in [0, 0.05) is 10.4 Å². The second kappa shape index (κ2) is 9.26. The summed E-state index contributed by atoms with van der Waals surface area (Å²) in [5, 5.41) is 6.88. The number of fused-ring (bicyclic) bond motifs is 1. The van der Waals surface area contributed by atoms with Gasteiger partial charge in [0.15, 0.2) is 5.65 Å². The van der Waals surface area contributed by atoms with Crippen LogP contribution in [0.4, 0.5) is 18.2 Å². The number of aryl methyl sites for hydroxylation is 1. The van der Waals surface area contributed by atoms with Crippen molar-refractivity contribution in [2.24, 2.45) is 0 Å². The van der Waals surface area contributed by atoms with Crippen molar-refractivity contribution in [2.75, 3.05) is 11.9 Å². The van der Waals surface area contributed by atoms with Crippen molar-refractivity contribution in [2.45, 2.75) is 27.2 Å². The lowest BCUT2D eigenvalue weighted by molar-refractivity contribution is 0.0527. The molecule has 0 bridgehead atoms. The van der Waals surface area contributed by atoms with Crippen LogP contribution in [0, 0.1) is 19.7 Å². The minimum Gasteiger partial charge on any atom is -0.462 e. The molecular weight excluding hydrogens is 469 g/mol. The van der Waals surface area contributed by atoms with E-state index in [2.05, 4.69) is 15.4 Å². The molecule has 0 spiro atoms. The standard InChI is InChI=1S/C23H19F3N4O3S/c1-4-33-23(32)18-11(2)12(3)34-22(18)29-21(31)15-10-27-30-17(19(25)26)9-16(28-20(15)30)13-5-7-14(24)8-6-13/h5-10,19H,4H2,1-3H3,(H,29,31). The third-order valence-electron chi connectivity index (χ3n) is 5.20. The summed E-state index contributed by atoms with van der Waals surface area (Å²) in [7, 11) is 0. The fourth-order valence-electron chi connectivity index (χ4n) is 3.40. The van der Waals surface area contributed by atoms with Crippen molar-refractivity contribution < 1.29 is 27.5 Å². The topological polar surface area (TPSA) is 85.6 Å². The molecule has 3 heterocycles. The highest BCUT2D eigenvalue weighted by molar-refractivity contribution is 7.16. The van der Waals surface area contributed by atoms with Gasteiger partial charge in [-0.15, -0.1) is 11.3 Å². The Kier molecular flexibility index (Phi) is 6.38. The first-order valence-electron chi connectivity index (χ1n) is 10.2. The number of anilines is 1. The molecule has 4 rings (SSSR count). The van der Waals surface area contributed by atoms with Crippen molar-refractivity contribution in [1.82, 2.24) is 14.6 Å². The lowest BCUT2D eigenvalue weighted by atomic mass is 10.1. The summed E-state index contributed by atoms with van der Waals surface area (Å²) in [4.78, 5) is 30.7. The summed E-state index contributed by atoms with van der Waals surface area (Å²) in [5.74, 6) is -1.73. The number of halogens is 3. The molecule has 0 radical (unpaired) electrons. The molecule has 0 aliphatic rings. The minimum absolute atomic E-state index is 0.0654. The maximum absolute atomic E-state index is 13.8. The molecule has 1 N–H and O–H groups in total. The molecule has 7 nitrogen and oxygen atoms in total. The van der Waals surface area contributed by atoms with E-state index >= 15 is 0 Å². The molecule has 0 aliphatic heterocycles. The number of hydrogen-bond acceptors (Lipinski definition) is 6. The van der Waals surface area contributed by atoms with E-state index in [1.807, 2.05) is 0 Å². The molecule has 176 valence electrons. The first-order chi connectivity index (χ1) is 16.2. The predicted molar refractivity (Wildman–Crippen MR) is 121 cm³/mol. The van der Waals surface area contributed by atoms with E-state index in [0.717, 1.165) is 21.7 Å². The van der Waals surface area contributed by atoms with Gasteiger partial charge in [0.25, 0.3) is 12.3 Å². The van der Waals surface area contributed by atoms with Crippen molar-refractivity contribution in [3.63, 3.8) is 0 Å². The maximum atomic E-state index is 13.8. The van der Waals surface area contributed by atoms with E-state index in [0.29, 0.717) is 11.1 Å². The maximum Gasteiger partial charge on any atom is 0.341 e. The molecule has 1 aromatic carbocycles. The lowest BCUT2D eigenvalue weighted by Gasteiger charge is -2.09. The smallest absolute Gasteiger partial charge is 0.341 e. The van der Waals surface area contributed by atoms with Crippen LogP contribution in [0.3, 0.4) is 0 Å². The highest BCUT2D eigenvalue weighted by Gasteiger charge is 2.25. The average molecular weight is 488 g/mol. The molecule has 0 unspecified atom stereocenters. The van der Waals surface area contributed by atoms with Gasteiger partial charge in [-0.1, -0.05) is 0 Å². The first kappa shape index (κ1) is 23.4. The van der Waals surface area contributed by atoms with Crippen LogP contribution in [0.25, 0.3) is 16.9 Å². The number of ether oxygens (including phenoxy) is 1. The largest absolute Gasteiger partial charge is 0.462 e. The Morgan fingerprint density at radius 2 is 1.91 bits per heavy atom. The van der Waals surface area contributed by atoms with E-state index < -0.39 is 29.8 Å². The summed E-state index contributed by atoms with van der Waals surface area (Å²) in [6.07, 6.45) is -1.77. The van der Waals surface area contributed by atoms with Crippen molar-refractivity contribution >= 4 is 33.9 Å². The molecular formula is C23H19F3N4O3S. The van der Waals surface area contributed by atoms with Gasteiger partial charge in [-0.3, -0.25) is 4.79 Å². The first-order valence-corrected chi connectivity index (χ1v) is 11.0. The second-order valence-electron chi connectivity index (χ2n) is 7.33. The number of nitrogens with zero attached hydrogens (tertiary/aromatic N) is 3. The number of alkyl halides is 2. The molecule has 0 fully saturated rings.